The molecule has 2 aromatic carbocycles. The lowest BCUT2D eigenvalue weighted by atomic mass is 10.0. The number of carbonyl (C=O) groups excluding carboxylic acids is 2. The highest BCUT2D eigenvalue weighted by Gasteiger charge is 2.18. The summed E-state index contributed by atoms with van der Waals surface area (Å²) < 4.78 is 16.6. The van der Waals surface area contributed by atoms with Gasteiger partial charge in [-0.15, -0.1) is 0 Å². The Morgan fingerprint density at radius 2 is 1.90 bits per heavy atom. The molecular weight excluding hydrogens is 454 g/mol. The minimum atomic E-state index is -0.599. The molecule has 7 nitrogen and oxygen atoms in total. The third-order valence-electron chi connectivity index (χ3n) is 4.67. The first-order chi connectivity index (χ1) is 14.3. The Bertz CT molecular complexity index is 1180. The molecule has 1 heterocycles. The second-order valence-electron chi connectivity index (χ2n) is 6.66. The molecule has 0 atom stereocenters. The average molecular weight is 474 g/mol. The summed E-state index contributed by atoms with van der Waals surface area (Å²) in [4.78, 5) is 36.1. The molecule has 8 heteroatoms. The molecule has 1 aromatic heterocycles. The van der Waals surface area contributed by atoms with Gasteiger partial charge in [-0.1, -0.05) is 22.0 Å². The maximum absolute atomic E-state index is 12.4. The normalized spacial score (nSPS) is 10.7. The van der Waals surface area contributed by atoms with Crippen LogP contribution in [0.2, 0.25) is 0 Å². The summed E-state index contributed by atoms with van der Waals surface area (Å²) in [7, 11) is 1.26. The number of fused-ring (bicyclic) bond motifs is 1. The van der Waals surface area contributed by atoms with Gasteiger partial charge in [0.2, 0.25) is 0 Å². The van der Waals surface area contributed by atoms with Gasteiger partial charge in [-0.2, -0.15) is 0 Å². The van der Waals surface area contributed by atoms with E-state index in [2.05, 4.69) is 26.0 Å². The summed E-state index contributed by atoms with van der Waals surface area (Å²) >= 11 is 3.35. The molecule has 30 heavy (non-hydrogen) atoms. The Hall–Kier alpha value is -3.13. The molecule has 156 valence electrons. The lowest BCUT2D eigenvalue weighted by Gasteiger charge is -2.13. The van der Waals surface area contributed by atoms with E-state index in [4.69, 9.17) is 9.15 Å². The molecule has 0 aliphatic rings. The molecule has 0 bridgehead atoms. The molecule has 1 amide bonds. The summed E-state index contributed by atoms with van der Waals surface area (Å²) in [6.07, 6.45) is -0.159. The van der Waals surface area contributed by atoms with Crippen LogP contribution in [0.15, 0.2) is 50.1 Å². The number of esters is 1. The standard InChI is InChI=1S/C22H20BrNO6/c1-12-16-7-8-18(29-11-19(25)24-15-6-4-5-14(23)9-15)13(2)21(16)30-22(27)17(12)10-20(26)28-3/h4-9H,10-11H2,1-3H3,(H,24,25). The number of amides is 1. The van der Waals surface area contributed by atoms with Crippen LogP contribution in [0, 0.1) is 13.8 Å². The van der Waals surface area contributed by atoms with Gasteiger partial charge in [-0.3, -0.25) is 9.59 Å². The number of halogens is 1. The van der Waals surface area contributed by atoms with Gasteiger partial charge in [0.15, 0.2) is 6.61 Å². The zero-order chi connectivity index (χ0) is 21.8. The van der Waals surface area contributed by atoms with Crippen LogP contribution in [0.1, 0.15) is 16.7 Å². The van der Waals surface area contributed by atoms with Crippen molar-refractivity contribution in [1.29, 1.82) is 0 Å². The number of hydrogen-bond acceptors (Lipinski definition) is 6. The second kappa shape index (κ2) is 9.13. The first-order valence-corrected chi connectivity index (χ1v) is 9.90. The first kappa shape index (κ1) is 21.6. The van der Waals surface area contributed by atoms with Crippen LogP contribution < -0.4 is 15.7 Å². The van der Waals surface area contributed by atoms with Gasteiger partial charge in [0.1, 0.15) is 11.3 Å². The number of rotatable bonds is 6. The molecule has 0 unspecified atom stereocenters. The number of aryl methyl sites for hydroxylation is 2. The Balaban J connectivity index is 1.81. The van der Waals surface area contributed by atoms with E-state index in [-0.39, 0.29) is 24.5 Å². The molecule has 0 radical (unpaired) electrons. The van der Waals surface area contributed by atoms with Crippen molar-refractivity contribution in [1.82, 2.24) is 0 Å². The number of benzene rings is 2. The molecule has 0 saturated heterocycles. The Morgan fingerprint density at radius 1 is 1.13 bits per heavy atom. The van der Waals surface area contributed by atoms with Crippen molar-refractivity contribution in [3.8, 4) is 5.75 Å². The van der Waals surface area contributed by atoms with Crippen LogP contribution in [-0.2, 0) is 20.7 Å². The van der Waals surface area contributed by atoms with Crippen molar-refractivity contribution in [2.75, 3.05) is 19.0 Å². The molecular formula is C22H20BrNO6. The predicted molar refractivity (Wildman–Crippen MR) is 116 cm³/mol. The van der Waals surface area contributed by atoms with Crippen LogP contribution in [-0.4, -0.2) is 25.6 Å². The first-order valence-electron chi connectivity index (χ1n) is 9.11. The number of carbonyl (C=O) groups is 2. The van der Waals surface area contributed by atoms with Gasteiger partial charge in [-0.25, -0.2) is 4.79 Å². The number of anilines is 1. The van der Waals surface area contributed by atoms with Crippen LogP contribution >= 0.6 is 15.9 Å². The Kier molecular flexibility index (Phi) is 6.56. The van der Waals surface area contributed by atoms with E-state index >= 15 is 0 Å². The van der Waals surface area contributed by atoms with Crippen molar-refractivity contribution in [3.63, 3.8) is 0 Å². The third kappa shape index (κ3) is 4.71. The summed E-state index contributed by atoms with van der Waals surface area (Å²) in [6, 6.07) is 10.7. The van der Waals surface area contributed by atoms with Crippen molar-refractivity contribution >= 4 is 44.5 Å². The fraction of sp³-hybridized carbons (Fsp3) is 0.227. The van der Waals surface area contributed by atoms with E-state index in [0.29, 0.717) is 33.5 Å². The van der Waals surface area contributed by atoms with Crippen LogP contribution in [0.4, 0.5) is 5.69 Å². The average Bonchev–Trinajstić information content (AvgIpc) is 2.71. The van der Waals surface area contributed by atoms with Crippen molar-refractivity contribution in [2.24, 2.45) is 0 Å². The number of nitrogens with one attached hydrogen (secondary N) is 1. The molecule has 0 aliphatic carbocycles. The highest BCUT2D eigenvalue weighted by atomic mass is 79.9. The Morgan fingerprint density at radius 3 is 2.60 bits per heavy atom. The minimum absolute atomic E-state index is 0.159. The van der Waals surface area contributed by atoms with Gasteiger partial charge in [0.25, 0.3) is 5.91 Å². The zero-order valence-corrected chi connectivity index (χ0v) is 18.3. The maximum Gasteiger partial charge on any atom is 0.340 e. The topological polar surface area (TPSA) is 94.8 Å². The van der Waals surface area contributed by atoms with E-state index in [1.165, 1.54) is 7.11 Å². The zero-order valence-electron chi connectivity index (χ0n) is 16.7. The van der Waals surface area contributed by atoms with E-state index in [1.54, 1.807) is 38.1 Å². The SMILES string of the molecule is COC(=O)Cc1c(C)c2ccc(OCC(=O)Nc3cccc(Br)c3)c(C)c2oc1=O. The van der Waals surface area contributed by atoms with Crippen LogP contribution in [0.3, 0.4) is 0 Å². The number of hydrogen-bond donors (Lipinski definition) is 1. The molecule has 0 saturated carbocycles. The lowest BCUT2D eigenvalue weighted by Crippen LogP contribution is -2.20. The smallest absolute Gasteiger partial charge is 0.340 e. The largest absolute Gasteiger partial charge is 0.483 e. The molecule has 3 aromatic rings. The monoisotopic (exact) mass is 473 g/mol. The number of methoxy groups -OCH3 is 1. The summed E-state index contributed by atoms with van der Waals surface area (Å²) in [5.41, 5.74) is 1.90. The van der Waals surface area contributed by atoms with Gasteiger partial charge >= 0.3 is 11.6 Å². The highest BCUT2D eigenvalue weighted by Crippen LogP contribution is 2.29. The molecule has 0 aliphatic heterocycles. The summed E-state index contributed by atoms with van der Waals surface area (Å²) in [6.45, 7) is 3.29. The van der Waals surface area contributed by atoms with Crippen molar-refractivity contribution in [2.45, 2.75) is 20.3 Å². The van der Waals surface area contributed by atoms with E-state index in [9.17, 15) is 14.4 Å². The number of ether oxygens (including phenoxy) is 2. The van der Waals surface area contributed by atoms with Crippen molar-refractivity contribution in [3.05, 3.63) is 68.0 Å². The van der Waals surface area contributed by atoms with Gasteiger partial charge in [0, 0.05) is 21.1 Å². The summed E-state index contributed by atoms with van der Waals surface area (Å²) in [5.74, 6) is -0.410. The fourth-order valence-corrected chi connectivity index (χ4v) is 3.45. The summed E-state index contributed by atoms with van der Waals surface area (Å²) in [5, 5.41) is 3.44. The van der Waals surface area contributed by atoms with Gasteiger partial charge in [-0.05, 0) is 49.7 Å². The van der Waals surface area contributed by atoms with Crippen LogP contribution in [0.25, 0.3) is 11.0 Å². The van der Waals surface area contributed by atoms with Crippen molar-refractivity contribution < 1.29 is 23.5 Å². The van der Waals surface area contributed by atoms with Crippen LogP contribution in [0.5, 0.6) is 5.75 Å². The van der Waals surface area contributed by atoms with Gasteiger partial charge in [0.05, 0.1) is 19.1 Å². The van der Waals surface area contributed by atoms with E-state index in [1.807, 2.05) is 12.1 Å². The van der Waals surface area contributed by atoms with E-state index < -0.39 is 11.6 Å². The third-order valence-corrected chi connectivity index (χ3v) is 5.16. The fourth-order valence-electron chi connectivity index (χ4n) is 3.05. The second-order valence-corrected chi connectivity index (χ2v) is 7.57. The van der Waals surface area contributed by atoms with Gasteiger partial charge < -0.3 is 19.2 Å². The molecule has 0 spiro atoms. The maximum atomic E-state index is 12.4. The highest BCUT2D eigenvalue weighted by molar-refractivity contribution is 9.10. The minimum Gasteiger partial charge on any atom is -0.483 e. The molecule has 1 N–H and O–H groups in total. The Labute approximate surface area is 181 Å². The quantitative estimate of drug-likeness (QED) is 0.430. The lowest BCUT2D eigenvalue weighted by molar-refractivity contribution is -0.139. The predicted octanol–water partition coefficient (Wildman–Crippen LogP) is 3.91. The molecule has 3 rings (SSSR count). The van der Waals surface area contributed by atoms with E-state index in [0.717, 1.165) is 4.47 Å². The molecule has 0 fully saturated rings.